The fourth-order valence-electron chi connectivity index (χ4n) is 3.48. The fraction of sp³-hybridized carbons (Fsp3) is 0.833. The molecule has 3 fully saturated rings. The van der Waals surface area contributed by atoms with Crippen molar-refractivity contribution in [2.24, 2.45) is 0 Å². The number of carbonyl (C=O) groups is 2. The third-order valence-electron chi connectivity index (χ3n) is 4.43. The van der Waals surface area contributed by atoms with Gasteiger partial charge in [0.05, 0.1) is 12.1 Å². The maximum absolute atomic E-state index is 12.4. The van der Waals surface area contributed by atoms with Crippen molar-refractivity contribution in [3.8, 4) is 0 Å². The minimum Gasteiger partial charge on any atom is -0.391 e. The second-order valence-corrected chi connectivity index (χ2v) is 5.46. The van der Waals surface area contributed by atoms with E-state index in [9.17, 15) is 14.7 Å². The summed E-state index contributed by atoms with van der Waals surface area (Å²) in [6.07, 6.45) is 5.25. The summed E-state index contributed by atoms with van der Waals surface area (Å²) in [4.78, 5) is 25.7. The quantitative estimate of drug-likeness (QED) is 0.663. The highest BCUT2D eigenvalue weighted by molar-refractivity contribution is 6.07. The molecular formula is C12H18N2O3. The number of nitrogens with zero attached hydrogens (tertiary/aromatic N) is 1. The molecule has 3 rings (SSSR count). The predicted octanol–water partition coefficient (Wildman–Crippen LogP) is 0.764. The fourth-order valence-corrected chi connectivity index (χ4v) is 3.48. The average molecular weight is 238 g/mol. The molecule has 0 aromatic rings. The molecule has 3 aliphatic rings. The van der Waals surface area contributed by atoms with E-state index in [1.807, 2.05) is 0 Å². The van der Waals surface area contributed by atoms with Crippen molar-refractivity contribution in [2.45, 2.75) is 62.6 Å². The Morgan fingerprint density at radius 1 is 1.18 bits per heavy atom. The van der Waals surface area contributed by atoms with E-state index in [0.29, 0.717) is 6.42 Å². The van der Waals surface area contributed by atoms with E-state index in [1.165, 1.54) is 4.90 Å². The highest BCUT2D eigenvalue weighted by atomic mass is 16.3. The molecule has 0 aromatic carbocycles. The molecule has 17 heavy (non-hydrogen) atoms. The number of imide groups is 1. The standard InChI is InChI=1S/C12H18N2O3/c15-9-5-3-4-8(9)14-10(16)12(13-11(14)17)6-1-2-7-12/h8-9,15H,1-7H2,(H,13,17)/t8-,9-/m0/s1. The van der Waals surface area contributed by atoms with E-state index >= 15 is 0 Å². The Labute approximate surface area is 100 Å². The van der Waals surface area contributed by atoms with Gasteiger partial charge in [-0.05, 0) is 32.1 Å². The molecule has 94 valence electrons. The molecule has 1 heterocycles. The summed E-state index contributed by atoms with van der Waals surface area (Å²) in [5, 5.41) is 12.7. The van der Waals surface area contributed by atoms with Crippen molar-refractivity contribution >= 4 is 11.9 Å². The molecule has 0 bridgehead atoms. The number of urea groups is 1. The van der Waals surface area contributed by atoms with Gasteiger partial charge in [-0.1, -0.05) is 12.8 Å². The summed E-state index contributed by atoms with van der Waals surface area (Å²) in [5.41, 5.74) is -0.639. The highest BCUT2D eigenvalue weighted by Crippen LogP contribution is 2.38. The molecule has 2 saturated carbocycles. The minimum atomic E-state index is -0.639. The summed E-state index contributed by atoms with van der Waals surface area (Å²) in [5.74, 6) is -0.106. The van der Waals surface area contributed by atoms with E-state index in [-0.39, 0.29) is 18.0 Å². The number of amides is 3. The Balaban J connectivity index is 1.86. The lowest BCUT2D eigenvalue weighted by Gasteiger charge is -2.25. The number of aliphatic hydroxyl groups is 1. The molecular weight excluding hydrogens is 220 g/mol. The average Bonchev–Trinajstić information content (AvgIpc) is 2.94. The normalized spacial score (nSPS) is 35.9. The van der Waals surface area contributed by atoms with Crippen LogP contribution >= 0.6 is 0 Å². The predicted molar refractivity (Wildman–Crippen MR) is 60.2 cm³/mol. The SMILES string of the molecule is O=C1NC2(CCCC2)C(=O)N1[C@H]1CCC[C@@H]1O. The molecule has 5 heteroatoms. The van der Waals surface area contributed by atoms with Crippen LogP contribution in [0.2, 0.25) is 0 Å². The molecule has 1 spiro atoms. The lowest BCUT2D eigenvalue weighted by Crippen LogP contribution is -2.47. The van der Waals surface area contributed by atoms with E-state index < -0.39 is 11.6 Å². The Bertz CT molecular complexity index is 363. The van der Waals surface area contributed by atoms with Crippen LogP contribution in [0.5, 0.6) is 0 Å². The second kappa shape index (κ2) is 3.70. The summed E-state index contributed by atoms with van der Waals surface area (Å²) in [7, 11) is 0. The van der Waals surface area contributed by atoms with E-state index in [0.717, 1.165) is 38.5 Å². The Morgan fingerprint density at radius 3 is 2.47 bits per heavy atom. The summed E-state index contributed by atoms with van der Waals surface area (Å²) in [6.45, 7) is 0. The molecule has 1 saturated heterocycles. The highest BCUT2D eigenvalue weighted by Gasteiger charge is 2.55. The van der Waals surface area contributed by atoms with Gasteiger partial charge in [-0.2, -0.15) is 0 Å². The first-order chi connectivity index (χ1) is 8.14. The largest absolute Gasteiger partial charge is 0.391 e. The summed E-state index contributed by atoms with van der Waals surface area (Å²) < 4.78 is 0. The molecule has 1 aliphatic heterocycles. The molecule has 0 aromatic heterocycles. The van der Waals surface area contributed by atoms with Crippen LogP contribution in [-0.2, 0) is 4.79 Å². The van der Waals surface area contributed by atoms with E-state index in [2.05, 4.69) is 5.32 Å². The molecule has 2 N–H and O–H groups in total. The van der Waals surface area contributed by atoms with Gasteiger partial charge in [0, 0.05) is 0 Å². The van der Waals surface area contributed by atoms with Crippen molar-refractivity contribution in [2.75, 3.05) is 0 Å². The Kier molecular flexibility index (Phi) is 2.40. The molecule has 2 aliphatic carbocycles. The van der Waals surface area contributed by atoms with Gasteiger partial charge in [-0.3, -0.25) is 9.69 Å². The van der Waals surface area contributed by atoms with Crippen LogP contribution in [0.3, 0.4) is 0 Å². The number of nitrogens with one attached hydrogen (secondary N) is 1. The number of aliphatic hydroxyl groups excluding tert-OH is 1. The first kappa shape index (κ1) is 11.0. The van der Waals surface area contributed by atoms with Crippen LogP contribution in [0, 0.1) is 0 Å². The van der Waals surface area contributed by atoms with E-state index in [4.69, 9.17) is 0 Å². The van der Waals surface area contributed by atoms with Crippen molar-refractivity contribution < 1.29 is 14.7 Å². The number of hydrogen-bond acceptors (Lipinski definition) is 3. The second-order valence-electron chi connectivity index (χ2n) is 5.46. The lowest BCUT2D eigenvalue weighted by molar-refractivity contribution is -0.134. The van der Waals surface area contributed by atoms with E-state index in [1.54, 1.807) is 0 Å². The van der Waals surface area contributed by atoms with Crippen molar-refractivity contribution in [1.29, 1.82) is 0 Å². The topological polar surface area (TPSA) is 69.6 Å². The summed E-state index contributed by atoms with van der Waals surface area (Å²) >= 11 is 0. The van der Waals surface area contributed by atoms with Crippen LogP contribution < -0.4 is 5.32 Å². The zero-order valence-electron chi connectivity index (χ0n) is 9.82. The zero-order chi connectivity index (χ0) is 12.0. The molecule has 2 atom stereocenters. The first-order valence-corrected chi connectivity index (χ1v) is 6.48. The van der Waals surface area contributed by atoms with Crippen LogP contribution in [0.4, 0.5) is 4.79 Å². The molecule has 3 amide bonds. The first-order valence-electron chi connectivity index (χ1n) is 6.48. The van der Waals surface area contributed by atoms with Gasteiger partial charge in [0.2, 0.25) is 0 Å². The van der Waals surface area contributed by atoms with Gasteiger partial charge in [0.15, 0.2) is 0 Å². The third-order valence-corrected chi connectivity index (χ3v) is 4.43. The molecule has 0 unspecified atom stereocenters. The maximum atomic E-state index is 12.4. The van der Waals surface area contributed by atoms with Crippen LogP contribution in [0.1, 0.15) is 44.9 Å². The zero-order valence-corrected chi connectivity index (χ0v) is 9.82. The van der Waals surface area contributed by atoms with Gasteiger partial charge in [0.25, 0.3) is 5.91 Å². The number of rotatable bonds is 1. The van der Waals surface area contributed by atoms with Crippen LogP contribution in [0.15, 0.2) is 0 Å². The Morgan fingerprint density at radius 2 is 1.88 bits per heavy atom. The van der Waals surface area contributed by atoms with Crippen molar-refractivity contribution in [1.82, 2.24) is 10.2 Å². The van der Waals surface area contributed by atoms with Gasteiger partial charge >= 0.3 is 6.03 Å². The van der Waals surface area contributed by atoms with Crippen molar-refractivity contribution in [3.05, 3.63) is 0 Å². The maximum Gasteiger partial charge on any atom is 0.325 e. The van der Waals surface area contributed by atoms with Gasteiger partial charge in [-0.15, -0.1) is 0 Å². The number of carbonyl (C=O) groups excluding carboxylic acids is 2. The Hall–Kier alpha value is -1.10. The van der Waals surface area contributed by atoms with Gasteiger partial charge in [0.1, 0.15) is 5.54 Å². The van der Waals surface area contributed by atoms with Crippen molar-refractivity contribution in [3.63, 3.8) is 0 Å². The number of hydrogen-bond donors (Lipinski definition) is 2. The molecule has 5 nitrogen and oxygen atoms in total. The van der Waals surface area contributed by atoms with Crippen LogP contribution in [-0.4, -0.2) is 39.6 Å². The lowest BCUT2D eigenvalue weighted by atomic mass is 9.97. The monoisotopic (exact) mass is 238 g/mol. The molecule has 0 radical (unpaired) electrons. The smallest absolute Gasteiger partial charge is 0.325 e. The van der Waals surface area contributed by atoms with Gasteiger partial charge in [-0.25, -0.2) is 4.79 Å². The minimum absolute atomic E-state index is 0.106. The van der Waals surface area contributed by atoms with Gasteiger partial charge < -0.3 is 10.4 Å². The van der Waals surface area contributed by atoms with Crippen LogP contribution in [0.25, 0.3) is 0 Å². The third kappa shape index (κ3) is 1.48. The summed E-state index contributed by atoms with van der Waals surface area (Å²) in [6, 6.07) is -0.606.